The molecule has 0 bridgehead atoms. The van der Waals surface area contributed by atoms with Gasteiger partial charge in [0.25, 0.3) is 0 Å². The second kappa shape index (κ2) is 11.1. The number of carbonyl (C=O) groups is 1. The van der Waals surface area contributed by atoms with Crippen molar-refractivity contribution >= 4 is 29.2 Å². The van der Waals surface area contributed by atoms with E-state index in [1.165, 1.54) is 12.4 Å². The summed E-state index contributed by atoms with van der Waals surface area (Å²) in [4.78, 5) is 16.6. The molecule has 0 aliphatic heterocycles. The highest BCUT2D eigenvalue weighted by atomic mass is 35.5. The van der Waals surface area contributed by atoms with E-state index in [4.69, 9.17) is 37.4 Å². The van der Waals surface area contributed by atoms with E-state index in [2.05, 4.69) is 4.98 Å². The number of hydrogen-bond donors (Lipinski definition) is 0. The molecule has 1 atom stereocenters. The molecule has 0 N–H and O–H groups in total. The number of benzene rings is 2. The van der Waals surface area contributed by atoms with Crippen LogP contribution in [0.25, 0.3) is 0 Å². The number of nitrogens with zero attached hydrogens (tertiary/aromatic N) is 1. The van der Waals surface area contributed by atoms with E-state index < -0.39 is 63.8 Å². The van der Waals surface area contributed by atoms with Gasteiger partial charge in [-0.15, -0.1) is 0 Å². The second-order valence-electron chi connectivity index (χ2n) is 8.31. The summed E-state index contributed by atoms with van der Waals surface area (Å²) in [5, 5.41) is 0.0686. The maximum absolute atomic E-state index is 15.7. The van der Waals surface area contributed by atoms with Crippen molar-refractivity contribution in [3.05, 3.63) is 86.4 Å². The zero-order valence-corrected chi connectivity index (χ0v) is 20.6. The predicted octanol–water partition coefficient (Wildman–Crippen LogP) is 7.02. The summed E-state index contributed by atoms with van der Waals surface area (Å²) < 4.78 is 87.4. The third-order valence-electron chi connectivity index (χ3n) is 5.68. The zero-order chi connectivity index (χ0) is 26.9. The first-order valence-electron chi connectivity index (χ1n) is 10.9. The topological polar surface area (TPSA) is 57.7 Å². The van der Waals surface area contributed by atoms with Crippen molar-refractivity contribution in [1.29, 1.82) is 0 Å². The van der Waals surface area contributed by atoms with Gasteiger partial charge in [0.1, 0.15) is 6.10 Å². The number of aromatic nitrogens is 1. The lowest BCUT2D eigenvalue weighted by molar-refractivity contribution is 0.0286. The van der Waals surface area contributed by atoms with E-state index in [9.17, 15) is 22.4 Å². The number of esters is 1. The van der Waals surface area contributed by atoms with Crippen LogP contribution in [0.3, 0.4) is 0 Å². The number of methoxy groups -OCH3 is 1. The first-order chi connectivity index (χ1) is 17.6. The van der Waals surface area contributed by atoms with Crippen LogP contribution in [0.5, 0.6) is 11.5 Å². The maximum Gasteiger partial charge on any atom is 0.338 e. The smallest absolute Gasteiger partial charge is 0.338 e. The molecule has 0 radical (unpaired) electrons. The third kappa shape index (κ3) is 5.91. The molecule has 12 heteroatoms. The van der Waals surface area contributed by atoms with Crippen LogP contribution in [0, 0.1) is 35.0 Å². The molecular formula is C25H18Cl2F5NO4. The highest BCUT2D eigenvalue weighted by Gasteiger charge is 2.31. The Morgan fingerprint density at radius 2 is 1.59 bits per heavy atom. The van der Waals surface area contributed by atoms with Gasteiger partial charge in [0.2, 0.25) is 5.75 Å². The van der Waals surface area contributed by atoms with Crippen molar-refractivity contribution in [3.8, 4) is 11.5 Å². The summed E-state index contributed by atoms with van der Waals surface area (Å²) in [6.45, 7) is 0.108. The van der Waals surface area contributed by atoms with Gasteiger partial charge in [0.15, 0.2) is 34.8 Å². The number of rotatable bonds is 9. The van der Waals surface area contributed by atoms with Gasteiger partial charge in [0.05, 0.1) is 29.3 Å². The normalized spacial score (nSPS) is 13.8. The van der Waals surface area contributed by atoms with Crippen molar-refractivity contribution in [2.24, 2.45) is 5.92 Å². The minimum Gasteiger partial charge on any atom is -0.490 e. The van der Waals surface area contributed by atoms with Crippen LogP contribution in [-0.4, -0.2) is 24.7 Å². The molecule has 1 saturated carbocycles. The average molecular weight is 562 g/mol. The van der Waals surface area contributed by atoms with Gasteiger partial charge in [-0.2, -0.15) is 0 Å². The molecule has 0 saturated heterocycles. The SMILES string of the molecule is COc1c(F)cc(C(Cc2c(Cl)cncc2Cl)OC(=O)c2cc(F)c(F)c(F)c2)c(F)c1OCC1CC1. The fourth-order valence-electron chi connectivity index (χ4n) is 3.55. The van der Waals surface area contributed by atoms with Crippen molar-refractivity contribution < 1.29 is 41.0 Å². The summed E-state index contributed by atoms with van der Waals surface area (Å²) in [7, 11) is 1.13. The van der Waals surface area contributed by atoms with Gasteiger partial charge in [-0.05, 0) is 42.5 Å². The second-order valence-corrected chi connectivity index (χ2v) is 9.13. The molecule has 2 aromatic carbocycles. The highest BCUT2D eigenvalue weighted by Crippen LogP contribution is 2.41. The van der Waals surface area contributed by atoms with Gasteiger partial charge in [0, 0.05) is 24.4 Å². The summed E-state index contributed by atoms with van der Waals surface area (Å²) in [6, 6.07) is 1.57. The highest BCUT2D eigenvalue weighted by molar-refractivity contribution is 6.35. The minimum atomic E-state index is -1.79. The third-order valence-corrected chi connectivity index (χ3v) is 6.33. The fourth-order valence-corrected chi connectivity index (χ4v) is 4.07. The molecule has 37 heavy (non-hydrogen) atoms. The Morgan fingerprint density at radius 1 is 0.973 bits per heavy atom. The van der Waals surface area contributed by atoms with E-state index in [-0.39, 0.29) is 34.6 Å². The standard InChI is InChI=1S/C25H18Cl2F5NO4/c1-35-23-19(30)6-14(21(31)24(23)36-10-11-2-3-11)20(7-13-15(26)8-33-9-16(13)27)37-25(34)12-4-17(28)22(32)18(29)5-12/h4-6,8-9,11,20H,2-3,7,10H2,1H3. The Balaban J connectivity index is 1.78. The Hall–Kier alpha value is -3.11. The number of carbonyl (C=O) groups excluding carboxylic acids is 1. The van der Waals surface area contributed by atoms with Gasteiger partial charge in [-0.25, -0.2) is 26.7 Å². The monoisotopic (exact) mass is 561 g/mol. The molecule has 0 amide bonds. The Bertz CT molecular complexity index is 1310. The molecule has 1 unspecified atom stereocenters. The molecule has 1 aliphatic rings. The van der Waals surface area contributed by atoms with Crippen LogP contribution < -0.4 is 9.47 Å². The average Bonchev–Trinajstić information content (AvgIpc) is 3.68. The van der Waals surface area contributed by atoms with Crippen LogP contribution in [0.15, 0.2) is 30.6 Å². The summed E-state index contributed by atoms with van der Waals surface area (Å²) in [5.41, 5.74) is -1.01. The molecule has 196 valence electrons. The maximum atomic E-state index is 15.7. The van der Waals surface area contributed by atoms with E-state index in [1.807, 2.05) is 0 Å². The van der Waals surface area contributed by atoms with Crippen molar-refractivity contribution in [1.82, 2.24) is 4.98 Å². The number of pyridine rings is 1. The van der Waals surface area contributed by atoms with Crippen molar-refractivity contribution in [2.75, 3.05) is 13.7 Å². The van der Waals surface area contributed by atoms with Crippen molar-refractivity contribution in [2.45, 2.75) is 25.4 Å². The molecule has 5 nitrogen and oxygen atoms in total. The van der Waals surface area contributed by atoms with Gasteiger partial charge in [-0.3, -0.25) is 4.98 Å². The lowest BCUT2D eigenvalue weighted by Gasteiger charge is -2.22. The summed E-state index contributed by atoms with van der Waals surface area (Å²) in [6.07, 6.45) is 2.21. The molecule has 1 fully saturated rings. The lowest BCUT2D eigenvalue weighted by atomic mass is 10.00. The molecular weight excluding hydrogens is 544 g/mol. The lowest BCUT2D eigenvalue weighted by Crippen LogP contribution is -2.18. The summed E-state index contributed by atoms with van der Waals surface area (Å²) in [5.74, 6) is -9.36. The zero-order valence-electron chi connectivity index (χ0n) is 19.1. The van der Waals surface area contributed by atoms with Crippen LogP contribution in [-0.2, 0) is 11.2 Å². The molecule has 0 spiro atoms. The summed E-state index contributed by atoms with van der Waals surface area (Å²) >= 11 is 12.3. The van der Waals surface area contributed by atoms with Crippen molar-refractivity contribution in [3.63, 3.8) is 0 Å². The number of hydrogen-bond acceptors (Lipinski definition) is 5. The fraction of sp³-hybridized carbons (Fsp3) is 0.280. The first kappa shape index (κ1) is 26.9. The van der Waals surface area contributed by atoms with E-state index in [0.717, 1.165) is 26.0 Å². The molecule has 1 aromatic heterocycles. The van der Waals surface area contributed by atoms with E-state index >= 15 is 4.39 Å². The number of halogens is 7. The largest absolute Gasteiger partial charge is 0.490 e. The van der Waals surface area contributed by atoms with Gasteiger partial charge in [-0.1, -0.05) is 23.2 Å². The van der Waals surface area contributed by atoms with Crippen LogP contribution in [0.4, 0.5) is 22.0 Å². The van der Waals surface area contributed by atoms with Gasteiger partial charge < -0.3 is 14.2 Å². The Labute approximate surface area is 218 Å². The van der Waals surface area contributed by atoms with Crippen LogP contribution in [0.1, 0.15) is 40.4 Å². The Morgan fingerprint density at radius 3 is 2.16 bits per heavy atom. The van der Waals surface area contributed by atoms with Crippen LogP contribution in [0.2, 0.25) is 10.0 Å². The predicted molar refractivity (Wildman–Crippen MR) is 124 cm³/mol. The quantitative estimate of drug-likeness (QED) is 0.159. The van der Waals surface area contributed by atoms with E-state index in [0.29, 0.717) is 12.1 Å². The number of ether oxygens (including phenoxy) is 3. The molecule has 3 aromatic rings. The van der Waals surface area contributed by atoms with Crippen LogP contribution >= 0.6 is 23.2 Å². The van der Waals surface area contributed by atoms with Gasteiger partial charge >= 0.3 is 5.97 Å². The molecule has 4 rings (SSSR count). The molecule has 1 aliphatic carbocycles. The minimum absolute atomic E-state index is 0.0343. The van der Waals surface area contributed by atoms with E-state index in [1.54, 1.807) is 0 Å². The Kier molecular flexibility index (Phi) is 8.08. The molecule has 1 heterocycles. The first-order valence-corrected chi connectivity index (χ1v) is 11.7.